The zero-order valence-electron chi connectivity index (χ0n) is 29.0. The predicted octanol–water partition coefficient (Wildman–Crippen LogP) is 10.9. The number of hydrogen-bond acceptors (Lipinski definition) is 3. The number of fused-ring (bicyclic) bond motifs is 1. The summed E-state index contributed by atoms with van der Waals surface area (Å²) in [6.45, 7) is 26.2. The molecule has 0 bridgehead atoms. The predicted molar refractivity (Wildman–Crippen MR) is 185 cm³/mol. The van der Waals surface area contributed by atoms with E-state index in [9.17, 15) is 4.79 Å². The van der Waals surface area contributed by atoms with E-state index >= 15 is 0 Å². The highest BCUT2D eigenvalue weighted by molar-refractivity contribution is 5.82. The molecular formula is C37H69N3O. The van der Waals surface area contributed by atoms with Gasteiger partial charge in [-0.1, -0.05) is 132 Å². The number of benzene rings is 1. The van der Waals surface area contributed by atoms with Gasteiger partial charge in [0, 0.05) is 24.8 Å². The quantitative estimate of drug-likeness (QED) is 0.203. The highest BCUT2D eigenvalue weighted by atomic mass is 16.1. The molecule has 1 aromatic carbocycles. The van der Waals surface area contributed by atoms with Crippen LogP contribution in [0.25, 0.3) is 10.9 Å². The fraction of sp³-hybridized carbons (Fsp3) is 0.730. The van der Waals surface area contributed by atoms with Crippen LogP contribution in [0.1, 0.15) is 145 Å². The summed E-state index contributed by atoms with van der Waals surface area (Å²) < 4.78 is 1.88. The van der Waals surface area contributed by atoms with Gasteiger partial charge in [-0.15, -0.1) is 6.58 Å². The lowest BCUT2D eigenvalue weighted by Crippen LogP contribution is -2.27. The number of rotatable bonds is 12. The van der Waals surface area contributed by atoms with Crippen molar-refractivity contribution < 1.29 is 4.79 Å². The van der Waals surface area contributed by atoms with Gasteiger partial charge in [-0.25, -0.2) is 0 Å². The van der Waals surface area contributed by atoms with Gasteiger partial charge in [-0.05, 0) is 56.2 Å². The van der Waals surface area contributed by atoms with Crippen LogP contribution in [0.5, 0.6) is 0 Å². The second kappa shape index (κ2) is 28.2. The zero-order chi connectivity index (χ0) is 31.5. The maximum atomic E-state index is 10.5. The third-order valence-corrected chi connectivity index (χ3v) is 7.70. The molecule has 2 aromatic rings. The number of nitrogens with one attached hydrogen (secondary N) is 1. The minimum absolute atomic E-state index is 0.145. The maximum Gasteiger partial charge on any atom is 0.120 e. The van der Waals surface area contributed by atoms with Crippen molar-refractivity contribution in [3.63, 3.8) is 0 Å². The van der Waals surface area contributed by atoms with Gasteiger partial charge >= 0.3 is 0 Å². The summed E-state index contributed by atoms with van der Waals surface area (Å²) in [4.78, 5) is 10.5. The second-order valence-corrected chi connectivity index (χ2v) is 11.6. The Morgan fingerprint density at radius 3 is 2.07 bits per heavy atom. The molecule has 238 valence electrons. The van der Waals surface area contributed by atoms with Gasteiger partial charge in [-0.3, -0.25) is 4.68 Å². The van der Waals surface area contributed by atoms with E-state index in [2.05, 4.69) is 71.5 Å². The zero-order valence-corrected chi connectivity index (χ0v) is 29.0. The van der Waals surface area contributed by atoms with Crippen molar-refractivity contribution >= 4 is 17.2 Å². The third-order valence-electron chi connectivity index (χ3n) is 7.70. The molecule has 0 spiro atoms. The number of para-hydroxylation sites is 1. The van der Waals surface area contributed by atoms with Crippen LogP contribution < -0.4 is 5.32 Å². The minimum atomic E-state index is 0.145. The first kappa shape index (κ1) is 41.2. The molecule has 1 N–H and O–H groups in total. The Morgan fingerprint density at radius 1 is 1.00 bits per heavy atom. The van der Waals surface area contributed by atoms with Gasteiger partial charge in [0.15, 0.2) is 0 Å². The number of aromatic nitrogens is 2. The summed E-state index contributed by atoms with van der Waals surface area (Å²) in [6.07, 6.45) is 16.6. The molecule has 4 nitrogen and oxygen atoms in total. The lowest BCUT2D eigenvalue weighted by Gasteiger charge is -2.20. The van der Waals surface area contributed by atoms with Crippen LogP contribution in [-0.2, 0) is 11.8 Å². The monoisotopic (exact) mass is 572 g/mol. The normalized spacial score (nSPS) is 14.1. The van der Waals surface area contributed by atoms with Crippen LogP contribution >= 0.6 is 0 Å². The Labute approximate surface area is 256 Å². The number of aryl methyl sites for hydroxylation is 1. The molecule has 1 aliphatic heterocycles. The molecule has 41 heavy (non-hydrogen) atoms. The highest BCUT2D eigenvalue weighted by Gasteiger charge is 2.15. The molecule has 3 rings (SSSR count). The van der Waals surface area contributed by atoms with Crippen LogP contribution in [0, 0.1) is 17.8 Å². The molecule has 2 heterocycles. The standard InChI is InChI=1S/C14H16N2O.C9H20.C7H15N.C5H12.C2H6/c1-3-11(7-6-10-17)14-12-8-4-5-9-13(12)16(2)15-14;1-4-6-8-9(3)7-5-2;1-2-7-3-5-8-6-4-7;1-4-5(2)3;1-2/h3-5,8-11H,1,6-7H2,2H3;9H,4-8H2,1-3H3;7-8H,2-6H2,1H3;5H,4H2,1-3H3;1-2H3. The number of aldehydes is 1. The molecule has 2 unspecified atom stereocenters. The number of allylic oxidation sites excluding steroid dienone is 1. The van der Waals surface area contributed by atoms with Crippen molar-refractivity contribution in [2.75, 3.05) is 13.1 Å². The number of carbonyl (C=O) groups is 1. The Morgan fingerprint density at radius 2 is 1.61 bits per heavy atom. The van der Waals surface area contributed by atoms with Crippen molar-refractivity contribution in [1.29, 1.82) is 0 Å². The van der Waals surface area contributed by atoms with Gasteiger partial charge in [0.25, 0.3) is 0 Å². The first-order valence-electron chi connectivity index (χ1n) is 17.0. The number of hydrogen-bond donors (Lipinski definition) is 1. The molecule has 0 radical (unpaired) electrons. The van der Waals surface area contributed by atoms with Gasteiger partial charge in [0.2, 0.25) is 0 Å². The first-order valence-corrected chi connectivity index (χ1v) is 17.0. The van der Waals surface area contributed by atoms with Gasteiger partial charge in [-0.2, -0.15) is 5.10 Å². The number of unbranched alkanes of at least 4 members (excludes halogenated alkanes) is 1. The van der Waals surface area contributed by atoms with Gasteiger partial charge < -0.3 is 10.1 Å². The van der Waals surface area contributed by atoms with Crippen LogP contribution in [0.4, 0.5) is 0 Å². The Hall–Kier alpha value is -1.94. The largest absolute Gasteiger partial charge is 0.317 e. The highest BCUT2D eigenvalue weighted by Crippen LogP contribution is 2.28. The SMILES string of the molecule is C=CC(CCC=O)c1nn(C)c2ccccc12.CC.CCC(C)C.CCC1CCNCC1.CCCCC(C)CCC. The van der Waals surface area contributed by atoms with E-state index in [-0.39, 0.29) is 5.92 Å². The van der Waals surface area contributed by atoms with Crippen LogP contribution in [0.3, 0.4) is 0 Å². The van der Waals surface area contributed by atoms with Crippen LogP contribution in [0.15, 0.2) is 36.9 Å². The molecule has 4 heteroatoms. The van der Waals surface area contributed by atoms with E-state index in [0.29, 0.717) is 6.42 Å². The molecular weight excluding hydrogens is 502 g/mol. The minimum Gasteiger partial charge on any atom is -0.317 e. The van der Waals surface area contributed by atoms with Crippen molar-refractivity contribution in [3.05, 3.63) is 42.6 Å². The Kier molecular flexibility index (Phi) is 28.3. The van der Waals surface area contributed by atoms with Crippen molar-refractivity contribution in [2.24, 2.45) is 24.8 Å². The van der Waals surface area contributed by atoms with E-state index in [1.165, 1.54) is 70.9 Å². The third kappa shape index (κ3) is 19.7. The summed E-state index contributed by atoms with van der Waals surface area (Å²) in [7, 11) is 1.94. The van der Waals surface area contributed by atoms with E-state index in [1.54, 1.807) is 0 Å². The first-order chi connectivity index (χ1) is 19.8. The molecule has 0 amide bonds. The number of carbonyl (C=O) groups excluding carboxylic acids is 1. The molecule has 1 aromatic heterocycles. The molecule has 1 fully saturated rings. The van der Waals surface area contributed by atoms with E-state index < -0.39 is 0 Å². The summed E-state index contributed by atoms with van der Waals surface area (Å²) in [6, 6.07) is 8.12. The summed E-state index contributed by atoms with van der Waals surface area (Å²) >= 11 is 0. The maximum absolute atomic E-state index is 10.5. The fourth-order valence-electron chi connectivity index (χ4n) is 4.61. The van der Waals surface area contributed by atoms with Crippen LogP contribution in [-0.4, -0.2) is 29.2 Å². The Bertz CT molecular complexity index is 851. The van der Waals surface area contributed by atoms with Crippen molar-refractivity contribution in [1.82, 2.24) is 15.1 Å². The molecule has 1 saturated heterocycles. The second-order valence-electron chi connectivity index (χ2n) is 11.6. The molecule has 0 aliphatic carbocycles. The Balaban J connectivity index is 0. The average molecular weight is 572 g/mol. The van der Waals surface area contributed by atoms with Gasteiger partial charge in [0.1, 0.15) is 6.29 Å². The number of piperidine rings is 1. The average Bonchev–Trinajstić information content (AvgIpc) is 3.35. The molecule has 0 saturated carbocycles. The van der Waals surface area contributed by atoms with Crippen molar-refractivity contribution in [3.8, 4) is 0 Å². The smallest absolute Gasteiger partial charge is 0.120 e. The summed E-state index contributed by atoms with van der Waals surface area (Å²) in [5, 5.41) is 9.04. The van der Waals surface area contributed by atoms with E-state index in [0.717, 1.165) is 47.1 Å². The lowest BCUT2D eigenvalue weighted by atomic mass is 9.96. The summed E-state index contributed by atoms with van der Waals surface area (Å²) in [5.41, 5.74) is 2.13. The molecule has 1 aliphatic rings. The fourth-order valence-corrected chi connectivity index (χ4v) is 4.61. The number of nitrogens with zero attached hydrogens (tertiary/aromatic N) is 2. The van der Waals surface area contributed by atoms with Crippen LogP contribution in [0.2, 0.25) is 0 Å². The van der Waals surface area contributed by atoms with E-state index in [4.69, 9.17) is 0 Å². The molecule has 2 atom stereocenters. The van der Waals surface area contributed by atoms with Crippen molar-refractivity contribution in [2.45, 2.75) is 139 Å². The summed E-state index contributed by atoms with van der Waals surface area (Å²) in [5.74, 6) is 3.02. The van der Waals surface area contributed by atoms with Gasteiger partial charge in [0.05, 0.1) is 11.2 Å². The topological polar surface area (TPSA) is 46.9 Å². The lowest BCUT2D eigenvalue weighted by molar-refractivity contribution is -0.107. The van der Waals surface area contributed by atoms with E-state index in [1.807, 2.05) is 49.9 Å².